The summed E-state index contributed by atoms with van der Waals surface area (Å²) in [5.74, 6) is 0.718. The van der Waals surface area contributed by atoms with E-state index in [0.717, 1.165) is 5.82 Å². The minimum absolute atomic E-state index is 0.112. The first-order valence-electron chi connectivity index (χ1n) is 4.69. The highest BCUT2D eigenvalue weighted by Crippen LogP contribution is 2.22. The van der Waals surface area contributed by atoms with Crippen LogP contribution in [0.3, 0.4) is 0 Å². The topological polar surface area (TPSA) is 68.0 Å². The third-order valence-electron chi connectivity index (χ3n) is 2.05. The van der Waals surface area contributed by atoms with Gasteiger partial charge in [0.05, 0.1) is 5.75 Å². The fourth-order valence-electron chi connectivity index (χ4n) is 1.15. The van der Waals surface area contributed by atoms with Crippen LogP contribution in [0.4, 0.5) is 0 Å². The second kappa shape index (κ2) is 5.16. The summed E-state index contributed by atoms with van der Waals surface area (Å²) in [6, 6.07) is 0. The van der Waals surface area contributed by atoms with Gasteiger partial charge in [0.25, 0.3) is 0 Å². The number of hydrogen-bond acceptors (Lipinski definition) is 4. The van der Waals surface area contributed by atoms with Gasteiger partial charge < -0.3 is 9.67 Å². The van der Waals surface area contributed by atoms with Crippen molar-refractivity contribution in [2.24, 2.45) is 13.0 Å². The van der Waals surface area contributed by atoms with Crippen molar-refractivity contribution < 1.29 is 9.90 Å². The third kappa shape index (κ3) is 3.23. The summed E-state index contributed by atoms with van der Waals surface area (Å²) >= 11 is 1.39. The highest BCUT2D eigenvalue weighted by Gasteiger charge is 2.22. The number of carboxylic acids is 1. The fourth-order valence-corrected chi connectivity index (χ4v) is 2.27. The van der Waals surface area contributed by atoms with E-state index in [1.165, 1.54) is 11.8 Å². The summed E-state index contributed by atoms with van der Waals surface area (Å²) in [5, 5.41) is 16.2. The van der Waals surface area contributed by atoms with Gasteiger partial charge in [0, 0.05) is 7.05 Å². The Morgan fingerprint density at radius 3 is 2.73 bits per heavy atom. The van der Waals surface area contributed by atoms with Crippen LogP contribution in [0.1, 0.15) is 19.7 Å². The predicted octanol–water partition coefficient (Wildman–Crippen LogP) is 1.16. The van der Waals surface area contributed by atoms with Gasteiger partial charge >= 0.3 is 5.97 Å². The Bertz CT molecular complexity index is 338. The van der Waals surface area contributed by atoms with E-state index >= 15 is 0 Å². The van der Waals surface area contributed by atoms with Gasteiger partial charge in [-0.1, -0.05) is 13.8 Å². The van der Waals surface area contributed by atoms with E-state index in [4.69, 9.17) is 5.11 Å². The van der Waals surface area contributed by atoms with Crippen molar-refractivity contribution in [1.29, 1.82) is 0 Å². The summed E-state index contributed by atoms with van der Waals surface area (Å²) in [5.41, 5.74) is 0. The second-order valence-electron chi connectivity index (χ2n) is 3.67. The van der Waals surface area contributed by atoms with Crippen LogP contribution in [0.5, 0.6) is 0 Å². The second-order valence-corrected chi connectivity index (χ2v) is 4.80. The highest BCUT2D eigenvalue weighted by molar-refractivity contribution is 7.99. The minimum Gasteiger partial charge on any atom is -0.480 e. The maximum absolute atomic E-state index is 10.9. The molecular formula is C9H15N3O2S. The van der Waals surface area contributed by atoms with Gasteiger partial charge in [-0.05, 0) is 5.92 Å². The van der Waals surface area contributed by atoms with Crippen molar-refractivity contribution in [3.8, 4) is 0 Å². The number of aromatic nitrogens is 3. The van der Waals surface area contributed by atoms with Crippen LogP contribution in [-0.4, -0.2) is 31.1 Å². The maximum Gasteiger partial charge on any atom is 0.316 e. The lowest BCUT2D eigenvalue weighted by molar-refractivity contribution is -0.137. The molecular weight excluding hydrogens is 214 g/mol. The molecule has 0 aliphatic carbocycles. The molecule has 0 aliphatic rings. The molecule has 0 fully saturated rings. The fraction of sp³-hybridized carbons (Fsp3) is 0.667. The lowest BCUT2D eigenvalue weighted by atomic mass is 10.1. The highest BCUT2D eigenvalue weighted by atomic mass is 32.2. The molecule has 0 saturated carbocycles. The van der Waals surface area contributed by atoms with E-state index in [0.29, 0.717) is 5.75 Å². The molecule has 1 heterocycles. The van der Waals surface area contributed by atoms with Crippen LogP contribution in [0.2, 0.25) is 0 Å². The molecule has 1 rings (SSSR count). The summed E-state index contributed by atoms with van der Waals surface area (Å²) in [4.78, 5) is 10.9. The Labute approximate surface area is 92.9 Å². The van der Waals surface area contributed by atoms with Gasteiger partial charge in [0.1, 0.15) is 17.4 Å². The van der Waals surface area contributed by atoms with E-state index in [9.17, 15) is 4.79 Å². The number of aliphatic carboxylic acids is 1. The predicted molar refractivity (Wildman–Crippen MR) is 58.6 cm³/mol. The zero-order valence-corrected chi connectivity index (χ0v) is 9.86. The van der Waals surface area contributed by atoms with Gasteiger partial charge in [-0.25, -0.2) is 0 Å². The zero-order valence-electron chi connectivity index (χ0n) is 9.04. The van der Waals surface area contributed by atoms with Crippen LogP contribution in [-0.2, 0) is 17.6 Å². The number of nitrogens with zero attached hydrogens (tertiary/aromatic N) is 3. The third-order valence-corrected chi connectivity index (χ3v) is 3.58. The SMILES string of the molecule is CC(C)C(SCc1nncn1C)C(=O)O. The molecule has 0 saturated heterocycles. The molecule has 0 aliphatic heterocycles. The Morgan fingerprint density at radius 2 is 2.33 bits per heavy atom. The first-order valence-corrected chi connectivity index (χ1v) is 5.74. The molecule has 0 spiro atoms. The van der Waals surface area contributed by atoms with Crippen molar-refractivity contribution in [3.05, 3.63) is 12.2 Å². The van der Waals surface area contributed by atoms with Gasteiger partial charge in [-0.3, -0.25) is 4.79 Å². The summed E-state index contributed by atoms with van der Waals surface area (Å²) in [7, 11) is 1.85. The molecule has 15 heavy (non-hydrogen) atoms. The lowest BCUT2D eigenvalue weighted by Gasteiger charge is -2.14. The van der Waals surface area contributed by atoms with Crippen molar-refractivity contribution in [2.75, 3.05) is 0 Å². The lowest BCUT2D eigenvalue weighted by Crippen LogP contribution is -2.22. The van der Waals surface area contributed by atoms with Crippen LogP contribution in [0.25, 0.3) is 0 Å². The Hall–Kier alpha value is -1.04. The molecule has 84 valence electrons. The smallest absolute Gasteiger partial charge is 0.316 e. The zero-order chi connectivity index (χ0) is 11.4. The molecule has 5 nitrogen and oxygen atoms in total. The molecule has 0 bridgehead atoms. The van der Waals surface area contributed by atoms with Crippen LogP contribution in [0, 0.1) is 5.92 Å². The summed E-state index contributed by atoms with van der Waals surface area (Å²) in [6.45, 7) is 3.81. The van der Waals surface area contributed by atoms with E-state index in [1.54, 1.807) is 10.9 Å². The molecule has 1 atom stereocenters. The molecule has 0 amide bonds. The van der Waals surface area contributed by atoms with Crippen LogP contribution < -0.4 is 0 Å². The Morgan fingerprint density at radius 1 is 1.67 bits per heavy atom. The Balaban J connectivity index is 2.55. The molecule has 0 aromatic carbocycles. The standard InChI is InChI=1S/C9H15N3O2S/c1-6(2)8(9(13)14)15-4-7-11-10-5-12(7)3/h5-6,8H,4H2,1-3H3,(H,13,14). The summed E-state index contributed by atoms with van der Waals surface area (Å²) in [6.07, 6.45) is 1.61. The molecule has 0 radical (unpaired) electrons. The van der Waals surface area contributed by atoms with Crippen LogP contribution in [0.15, 0.2) is 6.33 Å². The molecule has 6 heteroatoms. The minimum atomic E-state index is -0.767. The monoisotopic (exact) mass is 229 g/mol. The molecule has 1 aromatic rings. The number of hydrogen-bond donors (Lipinski definition) is 1. The van der Waals surface area contributed by atoms with Crippen molar-refractivity contribution in [2.45, 2.75) is 24.9 Å². The number of thioether (sulfide) groups is 1. The number of carboxylic acid groups (broad SMARTS) is 1. The number of aryl methyl sites for hydroxylation is 1. The quantitative estimate of drug-likeness (QED) is 0.820. The molecule has 1 unspecified atom stereocenters. The number of rotatable bonds is 5. The van der Waals surface area contributed by atoms with Gasteiger partial charge in [-0.2, -0.15) is 0 Å². The van der Waals surface area contributed by atoms with Crippen molar-refractivity contribution >= 4 is 17.7 Å². The van der Waals surface area contributed by atoms with Gasteiger partial charge in [0.2, 0.25) is 0 Å². The average Bonchev–Trinajstić information content (AvgIpc) is 2.51. The van der Waals surface area contributed by atoms with Crippen LogP contribution >= 0.6 is 11.8 Å². The Kier molecular flexibility index (Phi) is 4.14. The van der Waals surface area contributed by atoms with E-state index < -0.39 is 5.97 Å². The normalized spacial score (nSPS) is 13.1. The van der Waals surface area contributed by atoms with E-state index in [-0.39, 0.29) is 11.2 Å². The largest absolute Gasteiger partial charge is 0.480 e. The first-order chi connectivity index (χ1) is 7.02. The van der Waals surface area contributed by atoms with Gasteiger partial charge in [-0.15, -0.1) is 22.0 Å². The van der Waals surface area contributed by atoms with E-state index in [2.05, 4.69) is 10.2 Å². The van der Waals surface area contributed by atoms with E-state index in [1.807, 2.05) is 20.9 Å². The van der Waals surface area contributed by atoms with Crippen molar-refractivity contribution in [3.63, 3.8) is 0 Å². The molecule has 1 aromatic heterocycles. The summed E-state index contributed by atoms with van der Waals surface area (Å²) < 4.78 is 1.80. The average molecular weight is 229 g/mol. The number of carbonyl (C=O) groups is 1. The maximum atomic E-state index is 10.9. The first kappa shape index (κ1) is 12.0. The molecule has 1 N–H and O–H groups in total. The van der Waals surface area contributed by atoms with Gasteiger partial charge in [0.15, 0.2) is 0 Å². The van der Waals surface area contributed by atoms with Crippen molar-refractivity contribution in [1.82, 2.24) is 14.8 Å².